The summed E-state index contributed by atoms with van der Waals surface area (Å²) in [4.78, 5) is 4.53. The van der Waals surface area contributed by atoms with Crippen molar-refractivity contribution in [2.75, 3.05) is 11.9 Å². The molecule has 0 amide bonds. The molecule has 0 saturated carbocycles. The maximum absolute atomic E-state index is 4.53. The molecule has 4 heteroatoms. The third-order valence-electron chi connectivity index (χ3n) is 2.73. The molecular weight excluding hydrogens is 290 g/mol. The number of aryl methyl sites for hydroxylation is 1. The molecule has 0 spiro atoms. The minimum atomic E-state index is 0.916. The number of benzene rings is 1. The van der Waals surface area contributed by atoms with Gasteiger partial charge >= 0.3 is 0 Å². The highest BCUT2D eigenvalue weighted by molar-refractivity contribution is 9.10. The second-order valence-corrected chi connectivity index (χ2v) is 5.25. The maximum Gasteiger partial charge on any atom is 0.207 e. The molecule has 0 atom stereocenters. The standard InChI is InChI=1S/C14H18BrN3/c1-3-4-8-16-14-17-11(2)10-18(14)13-7-5-6-12(15)9-13/h5-7,9-10H,3-4,8H2,1-2H3,(H,16,17). The molecular formula is C14H18BrN3. The van der Waals surface area contributed by atoms with Crippen LogP contribution in [0.3, 0.4) is 0 Å². The SMILES string of the molecule is CCCCNc1nc(C)cn1-c1cccc(Br)c1. The zero-order valence-electron chi connectivity index (χ0n) is 10.8. The Balaban J connectivity index is 2.26. The molecule has 96 valence electrons. The summed E-state index contributed by atoms with van der Waals surface area (Å²) in [5.41, 5.74) is 2.14. The highest BCUT2D eigenvalue weighted by Gasteiger charge is 2.07. The van der Waals surface area contributed by atoms with E-state index in [0.717, 1.165) is 34.8 Å². The van der Waals surface area contributed by atoms with E-state index < -0.39 is 0 Å². The Morgan fingerprint density at radius 2 is 2.22 bits per heavy atom. The number of nitrogens with zero attached hydrogens (tertiary/aromatic N) is 2. The van der Waals surface area contributed by atoms with Gasteiger partial charge in [-0.05, 0) is 31.5 Å². The summed E-state index contributed by atoms with van der Waals surface area (Å²) in [7, 11) is 0. The van der Waals surface area contributed by atoms with E-state index >= 15 is 0 Å². The molecule has 0 unspecified atom stereocenters. The highest BCUT2D eigenvalue weighted by atomic mass is 79.9. The predicted molar refractivity (Wildman–Crippen MR) is 79.4 cm³/mol. The monoisotopic (exact) mass is 307 g/mol. The quantitative estimate of drug-likeness (QED) is 0.841. The van der Waals surface area contributed by atoms with Crippen LogP contribution in [-0.4, -0.2) is 16.1 Å². The van der Waals surface area contributed by atoms with Gasteiger partial charge in [0.1, 0.15) is 0 Å². The Kier molecular flexibility index (Phi) is 4.42. The number of hydrogen-bond donors (Lipinski definition) is 1. The fourth-order valence-electron chi connectivity index (χ4n) is 1.82. The van der Waals surface area contributed by atoms with E-state index in [4.69, 9.17) is 0 Å². The van der Waals surface area contributed by atoms with Crippen molar-refractivity contribution < 1.29 is 0 Å². The molecule has 0 fully saturated rings. The van der Waals surface area contributed by atoms with Gasteiger partial charge in [0, 0.05) is 22.9 Å². The van der Waals surface area contributed by atoms with Crippen molar-refractivity contribution in [3.8, 4) is 5.69 Å². The molecule has 1 N–H and O–H groups in total. The first-order valence-corrected chi connectivity index (χ1v) is 7.06. The van der Waals surface area contributed by atoms with Crippen LogP contribution in [0, 0.1) is 6.92 Å². The molecule has 0 aliphatic carbocycles. The van der Waals surface area contributed by atoms with Gasteiger partial charge in [-0.2, -0.15) is 0 Å². The van der Waals surface area contributed by atoms with E-state index in [1.165, 1.54) is 6.42 Å². The van der Waals surface area contributed by atoms with Crippen LogP contribution in [0.5, 0.6) is 0 Å². The molecule has 2 aromatic rings. The van der Waals surface area contributed by atoms with Crippen molar-refractivity contribution in [2.24, 2.45) is 0 Å². The fraction of sp³-hybridized carbons (Fsp3) is 0.357. The lowest BCUT2D eigenvalue weighted by Gasteiger charge is -2.09. The molecule has 3 nitrogen and oxygen atoms in total. The van der Waals surface area contributed by atoms with Crippen molar-refractivity contribution in [3.05, 3.63) is 40.6 Å². The molecule has 0 saturated heterocycles. The van der Waals surface area contributed by atoms with Gasteiger partial charge in [-0.25, -0.2) is 4.98 Å². The number of hydrogen-bond acceptors (Lipinski definition) is 2. The predicted octanol–water partition coefficient (Wildman–Crippen LogP) is 4.16. The lowest BCUT2D eigenvalue weighted by molar-refractivity contribution is 0.823. The number of aromatic nitrogens is 2. The van der Waals surface area contributed by atoms with Crippen LogP contribution in [-0.2, 0) is 0 Å². The normalized spacial score (nSPS) is 10.6. The summed E-state index contributed by atoms with van der Waals surface area (Å²) in [5.74, 6) is 0.916. The Hall–Kier alpha value is -1.29. The van der Waals surface area contributed by atoms with Crippen LogP contribution in [0.4, 0.5) is 5.95 Å². The van der Waals surface area contributed by atoms with Crippen molar-refractivity contribution in [1.29, 1.82) is 0 Å². The van der Waals surface area contributed by atoms with Crippen molar-refractivity contribution in [3.63, 3.8) is 0 Å². The summed E-state index contributed by atoms with van der Waals surface area (Å²) in [6, 6.07) is 8.23. The lowest BCUT2D eigenvalue weighted by atomic mass is 10.3. The van der Waals surface area contributed by atoms with Gasteiger partial charge in [0.2, 0.25) is 5.95 Å². The van der Waals surface area contributed by atoms with Crippen LogP contribution in [0.25, 0.3) is 5.69 Å². The topological polar surface area (TPSA) is 29.9 Å². The lowest BCUT2D eigenvalue weighted by Crippen LogP contribution is -2.07. The summed E-state index contributed by atoms with van der Waals surface area (Å²) >= 11 is 3.50. The first-order chi connectivity index (χ1) is 8.70. The van der Waals surface area contributed by atoms with E-state index in [0.29, 0.717) is 0 Å². The first kappa shape index (κ1) is 13.1. The van der Waals surface area contributed by atoms with Crippen LogP contribution in [0.15, 0.2) is 34.9 Å². The third kappa shape index (κ3) is 3.13. The van der Waals surface area contributed by atoms with E-state index in [1.54, 1.807) is 0 Å². The van der Waals surface area contributed by atoms with Gasteiger partial charge in [-0.1, -0.05) is 35.3 Å². The van der Waals surface area contributed by atoms with Gasteiger partial charge in [0.15, 0.2) is 0 Å². The highest BCUT2D eigenvalue weighted by Crippen LogP contribution is 2.20. The second-order valence-electron chi connectivity index (χ2n) is 4.34. The number of rotatable bonds is 5. The molecule has 0 aliphatic rings. The van der Waals surface area contributed by atoms with Gasteiger partial charge in [0.25, 0.3) is 0 Å². The summed E-state index contributed by atoms with van der Waals surface area (Å²) in [5, 5.41) is 3.39. The summed E-state index contributed by atoms with van der Waals surface area (Å²) in [6.07, 6.45) is 4.39. The number of imidazole rings is 1. The molecule has 18 heavy (non-hydrogen) atoms. The number of unbranched alkanes of at least 4 members (excludes halogenated alkanes) is 1. The van der Waals surface area contributed by atoms with Crippen molar-refractivity contribution in [2.45, 2.75) is 26.7 Å². The first-order valence-electron chi connectivity index (χ1n) is 6.26. The number of anilines is 1. The molecule has 0 aliphatic heterocycles. The van der Waals surface area contributed by atoms with Gasteiger partial charge in [-0.15, -0.1) is 0 Å². The van der Waals surface area contributed by atoms with E-state index in [-0.39, 0.29) is 0 Å². The van der Waals surface area contributed by atoms with Crippen LogP contribution < -0.4 is 5.32 Å². The minimum Gasteiger partial charge on any atom is -0.355 e. The molecule has 0 bridgehead atoms. The second kappa shape index (κ2) is 6.05. The third-order valence-corrected chi connectivity index (χ3v) is 3.22. The molecule has 1 aromatic heterocycles. The molecule has 1 heterocycles. The van der Waals surface area contributed by atoms with Crippen molar-refractivity contribution in [1.82, 2.24) is 9.55 Å². The van der Waals surface area contributed by atoms with E-state index in [2.05, 4.69) is 56.1 Å². The average molecular weight is 308 g/mol. The van der Waals surface area contributed by atoms with Crippen LogP contribution in [0.2, 0.25) is 0 Å². The summed E-state index contributed by atoms with van der Waals surface area (Å²) in [6.45, 7) is 5.16. The van der Waals surface area contributed by atoms with Crippen molar-refractivity contribution >= 4 is 21.9 Å². The maximum atomic E-state index is 4.53. The van der Waals surface area contributed by atoms with Crippen LogP contribution >= 0.6 is 15.9 Å². The Morgan fingerprint density at radius 3 is 2.94 bits per heavy atom. The van der Waals surface area contributed by atoms with Gasteiger partial charge in [-0.3, -0.25) is 4.57 Å². The Labute approximate surface area is 116 Å². The largest absolute Gasteiger partial charge is 0.355 e. The zero-order valence-corrected chi connectivity index (χ0v) is 12.4. The Bertz CT molecular complexity index is 520. The van der Waals surface area contributed by atoms with Crippen LogP contribution in [0.1, 0.15) is 25.5 Å². The minimum absolute atomic E-state index is 0.916. The number of nitrogens with one attached hydrogen (secondary N) is 1. The van der Waals surface area contributed by atoms with E-state index in [9.17, 15) is 0 Å². The van der Waals surface area contributed by atoms with E-state index in [1.807, 2.05) is 19.1 Å². The average Bonchev–Trinajstić information content (AvgIpc) is 2.71. The Morgan fingerprint density at radius 1 is 1.39 bits per heavy atom. The molecule has 1 aromatic carbocycles. The van der Waals surface area contributed by atoms with Gasteiger partial charge < -0.3 is 5.32 Å². The zero-order chi connectivity index (χ0) is 13.0. The summed E-state index contributed by atoms with van der Waals surface area (Å²) < 4.78 is 3.17. The molecule has 0 radical (unpaired) electrons. The molecule has 2 rings (SSSR count). The number of halogens is 1. The van der Waals surface area contributed by atoms with Gasteiger partial charge in [0.05, 0.1) is 5.69 Å². The smallest absolute Gasteiger partial charge is 0.207 e. The fourth-order valence-corrected chi connectivity index (χ4v) is 2.21.